The zero-order valence-electron chi connectivity index (χ0n) is 4.71. The molecule has 0 aromatic heterocycles. The summed E-state index contributed by atoms with van der Waals surface area (Å²) in [7, 11) is 0. The average molecular weight is 144 g/mol. The Morgan fingerprint density at radius 1 is 1.67 bits per heavy atom. The highest BCUT2D eigenvalue weighted by atomic mass is 32.2. The standard InChI is InChI=1S/C5H4O3S/c1-3-5-4(2)7-9(6)8-5/h1H,2H3. The highest BCUT2D eigenvalue weighted by molar-refractivity contribution is 7.75. The average Bonchev–Trinajstić information content (AvgIpc) is 2.10. The van der Waals surface area contributed by atoms with Crippen LogP contribution in [0.1, 0.15) is 6.92 Å². The second kappa shape index (κ2) is 2.11. The van der Waals surface area contributed by atoms with E-state index in [2.05, 4.69) is 14.3 Å². The van der Waals surface area contributed by atoms with Crippen LogP contribution in [0.5, 0.6) is 0 Å². The Hall–Kier alpha value is -0.950. The lowest BCUT2D eigenvalue weighted by atomic mass is 10.4. The first-order valence-electron chi connectivity index (χ1n) is 2.20. The van der Waals surface area contributed by atoms with Gasteiger partial charge in [-0.3, -0.25) is 0 Å². The number of rotatable bonds is 0. The van der Waals surface area contributed by atoms with Crippen molar-refractivity contribution in [1.82, 2.24) is 0 Å². The first-order valence-corrected chi connectivity index (χ1v) is 3.20. The first-order chi connectivity index (χ1) is 4.24. The number of hydrogen-bond acceptors (Lipinski definition) is 3. The van der Waals surface area contributed by atoms with Gasteiger partial charge in [-0.05, 0) is 12.8 Å². The van der Waals surface area contributed by atoms with Crippen LogP contribution >= 0.6 is 0 Å². The van der Waals surface area contributed by atoms with E-state index in [0.29, 0.717) is 5.76 Å². The molecule has 0 spiro atoms. The molecule has 1 aliphatic rings. The topological polar surface area (TPSA) is 35.5 Å². The lowest BCUT2D eigenvalue weighted by Crippen LogP contribution is -1.85. The summed E-state index contributed by atoms with van der Waals surface area (Å²) in [6.07, 6.45) is 4.94. The molecule has 0 amide bonds. The molecule has 0 aromatic carbocycles. The molecule has 48 valence electrons. The van der Waals surface area contributed by atoms with Crippen LogP contribution in [0.2, 0.25) is 0 Å². The van der Waals surface area contributed by atoms with Crippen LogP contribution in [0.15, 0.2) is 11.5 Å². The molecule has 1 unspecified atom stereocenters. The molecule has 1 heterocycles. The van der Waals surface area contributed by atoms with Gasteiger partial charge < -0.3 is 8.37 Å². The van der Waals surface area contributed by atoms with E-state index in [0.717, 1.165) is 0 Å². The second-order valence-electron chi connectivity index (χ2n) is 1.40. The van der Waals surface area contributed by atoms with E-state index < -0.39 is 11.4 Å². The van der Waals surface area contributed by atoms with Gasteiger partial charge in [-0.15, -0.1) is 6.42 Å². The van der Waals surface area contributed by atoms with Gasteiger partial charge >= 0.3 is 11.4 Å². The van der Waals surface area contributed by atoms with Crippen LogP contribution in [-0.2, 0) is 19.7 Å². The monoisotopic (exact) mass is 144 g/mol. The maximum Gasteiger partial charge on any atom is 0.418 e. The Morgan fingerprint density at radius 3 is 2.56 bits per heavy atom. The largest absolute Gasteiger partial charge is 0.418 e. The molecule has 1 atom stereocenters. The SMILES string of the molecule is C#CC1=C(C)OS(=O)O1. The summed E-state index contributed by atoms with van der Waals surface area (Å²) in [5.41, 5.74) is 0. The van der Waals surface area contributed by atoms with Gasteiger partial charge in [0.2, 0.25) is 5.76 Å². The maximum atomic E-state index is 10.4. The van der Waals surface area contributed by atoms with E-state index in [1.807, 2.05) is 0 Å². The van der Waals surface area contributed by atoms with Gasteiger partial charge in [0.25, 0.3) is 0 Å². The number of terminal acetylenes is 1. The van der Waals surface area contributed by atoms with Crippen molar-refractivity contribution in [2.24, 2.45) is 0 Å². The quantitative estimate of drug-likeness (QED) is 0.464. The third kappa shape index (κ3) is 1.06. The molecule has 0 saturated carbocycles. The number of hydrogen-bond donors (Lipinski definition) is 0. The predicted octanol–water partition coefficient (Wildman–Crippen LogP) is 0.477. The summed E-state index contributed by atoms with van der Waals surface area (Å²) in [6.45, 7) is 1.60. The molecule has 0 aliphatic carbocycles. The summed E-state index contributed by atoms with van der Waals surface area (Å²) in [5.74, 6) is 2.80. The second-order valence-corrected chi connectivity index (χ2v) is 2.14. The fourth-order valence-electron chi connectivity index (χ4n) is 0.409. The zero-order chi connectivity index (χ0) is 6.85. The van der Waals surface area contributed by atoms with Gasteiger partial charge in [0.15, 0.2) is 5.76 Å². The van der Waals surface area contributed by atoms with Gasteiger partial charge in [-0.1, -0.05) is 0 Å². The summed E-state index contributed by atoms with van der Waals surface area (Å²) >= 11 is -1.70. The van der Waals surface area contributed by atoms with Crippen molar-refractivity contribution in [2.45, 2.75) is 6.92 Å². The minimum Gasteiger partial charge on any atom is -0.371 e. The minimum atomic E-state index is -1.70. The van der Waals surface area contributed by atoms with Gasteiger partial charge in [-0.25, -0.2) is 0 Å². The smallest absolute Gasteiger partial charge is 0.371 e. The van der Waals surface area contributed by atoms with Crippen LogP contribution in [0.3, 0.4) is 0 Å². The molecule has 0 bridgehead atoms. The fourth-order valence-corrected chi connectivity index (χ4v) is 1.02. The molecule has 0 N–H and O–H groups in total. The molecule has 1 aliphatic heterocycles. The molecule has 1 rings (SSSR count). The van der Waals surface area contributed by atoms with E-state index in [4.69, 9.17) is 6.42 Å². The Kier molecular flexibility index (Phi) is 1.45. The van der Waals surface area contributed by atoms with E-state index in [9.17, 15) is 4.21 Å². The van der Waals surface area contributed by atoms with Crippen molar-refractivity contribution in [3.8, 4) is 12.3 Å². The van der Waals surface area contributed by atoms with Crippen LogP contribution in [0.4, 0.5) is 0 Å². The highest BCUT2D eigenvalue weighted by Gasteiger charge is 2.18. The Bertz CT molecular complexity index is 223. The zero-order valence-corrected chi connectivity index (χ0v) is 5.53. The van der Waals surface area contributed by atoms with Crippen molar-refractivity contribution in [1.29, 1.82) is 0 Å². The molecule has 0 fully saturated rings. The number of allylic oxidation sites excluding steroid dienone is 2. The molecule has 0 saturated heterocycles. The normalized spacial score (nSPS) is 24.7. The lowest BCUT2D eigenvalue weighted by Gasteiger charge is -1.84. The van der Waals surface area contributed by atoms with Gasteiger partial charge in [0, 0.05) is 0 Å². The van der Waals surface area contributed by atoms with Crippen molar-refractivity contribution in [3.63, 3.8) is 0 Å². The van der Waals surface area contributed by atoms with E-state index >= 15 is 0 Å². The molecule has 9 heavy (non-hydrogen) atoms. The molecule has 0 aromatic rings. The Labute approximate surface area is 55.5 Å². The van der Waals surface area contributed by atoms with Gasteiger partial charge in [0.05, 0.1) is 0 Å². The summed E-state index contributed by atoms with van der Waals surface area (Å²) in [6, 6.07) is 0. The van der Waals surface area contributed by atoms with Gasteiger partial charge in [-0.2, -0.15) is 4.21 Å². The van der Waals surface area contributed by atoms with Gasteiger partial charge in [0.1, 0.15) is 0 Å². The highest BCUT2D eigenvalue weighted by Crippen LogP contribution is 2.18. The fraction of sp³-hybridized carbons (Fsp3) is 0.200. The van der Waals surface area contributed by atoms with Crippen molar-refractivity contribution in [2.75, 3.05) is 0 Å². The van der Waals surface area contributed by atoms with Crippen molar-refractivity contribution >= 4 is 11.4 Å². The van der Waals surface area contributed by atoms with Crippen LogP contribution in [0.25, 0.3) is 0 Å². The molecule has 0 radical (unpaired) electrons. The lowest BCUT2D eigenvalue weighted by molar-refractivity contribution is 0.428. The van der Waals surface area contributed by atoms with Crippen LogP contribution in [0, 0.1) is 12.3 Å². The van der Waals surface area contributed by atoms with E-state index in [-0.39, 0.29) is 5.76 Å². The molecular formula is C5H4O3S. The minimum absolute atomic E-state index is 0.216. The molecule has 3 nitrogen and oxygen atoms in total. The summed E-state index contributed by atoms with van der Waals surface area (Å²) in [5, 5.41) is 0. The van der Waals surface area contributed by atoms with Crippen molar-refractivity contribution < 1.29 is 12.6 Å². The van der Waals surface area contributed by atoms with E-state index in [1.54, 1.807) is 6.92 Å². The maximum absolute atomic E-state index is 10.4. The van der Waals surface area contributed by atoms with Crippen LogP contribution in [-0.4, -0.2) is 4.21 Å². The summed E-state index contributed by atoms with van der Waals surface area (Å²) < 4.78 is 19.4. The third-order valence-electron chi connectivity index (χ3n) is 0.795. The molecule has 4 heteroatoms. The predicted molar refractivity (Wildman–Crippen MR) is 31.8 cm³/mol. The first kappa shape index (κ1) is 6.17. The molecular weight excluding hydrogens is 140 g/mol. The van der Waals surface area contributed by atoms with Crippen LogP contribution < -0.4 is 0 Å². The van der Waals surface area contributed by atoms with E-state index in [1.165, 1.54) is 0 Å². The third-order valence-corrected chi connectivity index (χ3v) is 1.48. The Morgan fingerprint density at radius 2 is 2.33 bits per heavy atom. The summed E-state index contributed by atoms with van der Waals surface area (Å²) in [4.78, 5) is 0. The Balaban J connectivity index is 2.84. The van der Waals surface area contributed by atoms with Crippen molar-refractivity contribution in [3.05, 3.63) is 11.5 Å².